The maximum Gasteiger partial charge on any atom is 0.246 e. The Balaban J connectivity index is 1.64. The van der Waals surface area contributed by atoms with E-state index in [2.05, 4.69) is 5.32 Å². The fourth-order valence-corrected chi connectivity index (χ4v) is 6.09. The molecule has 3 N–H and O–H groups in total. The highest BCUT2D eigenvalue weighted by Gasteiger charge is 2.35. The van der Waals surface area contributed by atoms with Crippen LogP contribution in [0.15, 0.2) is 115 Å². The third kappa shape index (κ3) is 11.4. The normalized spacial score (nSPS) is 12.9. The van der Waals surface area contributed by atoms with E-state index in [1.54, 1.807) is 7.05 Å². The molecule has 0 aliphatic rings. The fraction of sp³-hybridized carbons (Fsp3) is 0.310. The van der Waals surface area contributed by atoms with Gasteiger partial charge in [-0.2, -0.15) is 0 Å². The Morgan fingerprint density at radius 1 is 0.745 bits per heavy atom. The molecular weight excluding hydrogens is 646 g/mol. The molecule has 0 aromatic heterocycles. The summed E-state index contributed by atoms with van der Waals surface area (Å²) >= 11 is 0. The van der Waals surface area contributed by atoms with Crippen LogP contribution < -0.4 is 11.1 Å². The summed E-state index contributed by atoms with van der Waals surface area (Å²) in [6.07, 6.45) is 2.63. The van der Waals surface area contributed by atoms with Crippen molar-refractivity contribution in [3.63, 3.8) is 0 Å². The molecule has 0 fully saturated rings. The first-order valence-corrected chi connectivity index (χ1v) is 17.1. The summed E-state index contributed by atoms with van der Waals surface area (Å²) in [5.41, 5.74) is 10.7. The molecule has 0 saturated carbocycles. The van der Waals surface area contributed by atoms with Crippen molar-refractivity contribution >= 4 is 17.7 Å². The van der Waals surface area contributed by atoms with Crippen LogP contribution in [0.1, 0.15) is 43.9 Å². The highest BCUT2D eigenvalue weighted by Crippen LogP contribution is 2.22. The second-order valence-electron chi connectivity index (χ2n) is 13.8. The summed E-state index contributed by atoms with van der Waals surface area (Å²) < 4.78 is 28.1. The van der Waals surface area contributed by atoms with E-state index in [9.17, 15) is 23.2 Å². The smallest absolute Gasteiger partial charge is 0.246 e. The predicted octanol–water partition coefficient (Wildman–Crippen LogP) is 6.50. The zero-order chi connectivity index (χ0) is 37.1. The van der Waals surface area contributed by atoms with Crippen LogP contribution in [0.5, 0.6) is 0 Å². The summed E-state index contributed by atoms with van der Waals surface area (Å²) in [7, 11) is 3.07. The molecule has 3 amide bonds. The van der Waals surface area contributed by atoms with Crippen molar-refractivity contribution in [3.05, 3.63) is 143 Å². The van der Waals surface area contributed by atoms with E-state index in [1.807, 2.05) is 106 Å². The number of likely N-dealkylation sites (N-methyl/N-ethyl adjacent to an activating group) is 2. The zero-order valence-electron chi connectivity index (χ0n) is 30.0. The minimum absolute atomic E-state index is 0.0721. The third-order valence-corrected chi connectivity index (χ3v) is 8.78. The van der Waals surface area contributed by atoms with Gasteiger partial charge in [-0.15, -0.1) is 0 Å². The Morgan fingerprint density at radius 2 is 1.31 bits per heavy atom. The molecule has 4 aromatic carbocycles. The van der Waals surface area contributed by atoms with Gasteiger partial charge >= 0.3 is 0 Å². The average Bonchev–Trinajstić information content (AvgIpc) is 3.10. The molecule has 0 radical (unpaired) electrons. The minimum atomic E-state index is -1.08. The number of rotatable bonds is 15. The molecule has 51 heavy (non-hydrogen) atoms. The Hall–Kier alpha value is -5.15. The Labute approximate surface area is 300 Å². The minimum Gasteiger partial charge on any atom is -0.354 e. The zero-order valence-corrected chi connectivity index (χ0v) is 30.0. The number of halogens is 2. The van der Waals surface area contributed by atoms with Crippen molar-refractivity contribution in [1.29, 1.82) is 0 Å². The number of amides is 3. The van der Waals surface area contributed by atoms with Crippen molar-refractivity contribution in [2.45, 2.75) is 64.1 Å². The maximum atomic E-state index is 14.5. The van der Waals surface area contributed by atoms with Crippen LogP contribution in [0.3, 0.4) is 0 Å². The standard InChI is InChI=1S/C42H48F2N4O3/c1-29(28-42(2,3)45)24-39(49)47(4)38(26-31-16-19-34(20-17-31)33-14-10-7-11-15-33)41(51)48(5)37(27-32-18-21-35(43)36(44)25-32)40(50)46-23-22-30-12-8-6-9-13-30/h6-21,24-25,37-38H,22-23,26-28,45H2,1-5H3,(H,46,50)/t37-,38-/m1/s1. The molecule has 0 aliphatic carbocycles. The molecule has 0 heterocycles. The molecule has 4 aromatic rings. The van der Waals surface area contributed by atoms with Gasteiger partial charge < -0.3 is 20.9 Å². The van der Waals surface area contributed by atoms with Gasteiger partial charge in [-0.25, -0.2) is 8.78 Å². The van der Waals surface area contributed by atoms with Gasteiger partial charge in [-0.3, -0.25) is 14.4 Å². The molecule has 0 unspecified atom stereocenters. The first-order chi connectivity index (χ1) is 24.2. The van der Waals surface area contributed by atoms with E-state index in [0.717, 1.165) is 40.0 Å². The predicted molar refractivity (Wildman–Crippen MR) is 199 cm³/mol. The molecule has 2 atom stereocenters. The number of benzene rings is 4. The lowest BCUT2D eigenvalue weighted by Crippen LogP contribution is -2.56. The van der Waals surface area contributed by atoms with E-state index in [4.69, 9.17) is 5.73 Å². The second kappa shape index (κ2) is 17.7. The van der Waals surface area contributed by atoms with E-state index in [0.29, 0.717) is 24.9 Å². The van der Waals surface area contributed by atoms with Gasteiger partial charge in [0, 0.05) is 45.1 Å². The average molecular weight is 695 g/mol. The van der Waals surface area contributed by atoms with Crippen LogP contribution in [0.2, 0.25) is 0 Å². The molecule has 0 saturated heterocycles. The summed E-state index contributed by atoms with van der Waals surface area (Å²) in [6, 6.07) is 28.7. The number of nitrogens with zero attached hydrogens (tertiary/aromatic N) is 2. The monoisotopic (exact) mass is 694 g/mol. The Morgan fingerprint density at radius 3 is 1.92 bits per heavy atom. The summed E-state index contributed by atoms with van der Waals surface area (Å²) in [5.74, 6) is -3.36. The molecule has 4 rings (SSSR count). The van der Waals surface area contributed by atoms with Crippen LogP contribution in [-0.4, -0.2) is 65.8 Å². The highest BCUT2D eigenvalue weighted by molar-refractivity contribution is 5.95. The van der Waals surface area contributed by atoms with Crippen molar-refractivity contribution < 1.29 is 23.2 Å². The van der Waals surface area contributed by atoms with E-state index in [-0.39, 0.29) is 18.7 Å². The molecule has 0 spiro atoms. The van der Waals surface area contributed by atoms with Crippen molar-refractivity contribution in [3.8, 4) is 11.1 Å². The highest BCUT2D eigenvalue weighted by atomic mass is 19.2. The van der Waals surface area contributed by atoms with Crippen molar-refractivity contribution in [1.82, 2.24) is 15.1 Å². The van der Waals surface area contributed by atoms with E-state index in [1.165, 1.54) is 29.0 Å². The lowest BCUT2D eigenvalue weighted by Gasteiger charge is -2.34. The molecule has 9 heteroatoms. The van der Waals surface area contributed by atoms with Gasteiger partial charge in [0.15, 0.2) is 11.6 Å². The molecular formula is C42H48F2N4O3. The first-order valence-electron chi connectivity index (χ1n) is 17.1. The van der Waals surface area contributed by atoms with E-state index < -0.39 is 41.1 Å². The topological polar surface area (TPSA) is 95.7 Å². The lowest BCUT2D eigenvalue weighted by atomic mass is 9.96. The first kappa shape index (κ1) is 38.6. The summed E-state index contributed by atoms with van der Waals surface area (Å²) in [4.78, 5) is 44.7. The van der Waals surface area contributed by atoms with Crippen molar-refractivity contribution in [2.24, 2.45) is 5.73 Å². The quantitative estimate of drug-likeness (QED) is 0.139. The van der Waals surface area contributed by atoms with E-state index >= 15 is 0 Å². The SMILES string of the molecule is CC(=CC(=O)N(C)[C@H](Cc1ccc(-c2ccccc2)cc1)C(=O)N(C)[C@H](Cc1ccc(F)c(F)c1)C(=O)NCCc1ccccc1)CC(C)(C)N. The number of carbonyl (C=O) groups is 3. The van der Waals surface area contributed by atoms with Gasteiger partial charge in [0.1, 0.15) is 12.1 Å². The number of hydrogen-bond donors (Lipinski definition) is 2. The summed E-state index contributed by atoms with van der Waals surface area (Å²) in [5, 5.41) is 2.92. The number of hydrogen-bond acceptors (Lipinski definition) is 4. The summed E-state index contributed by atoms with van der Waals surface area (Å²) in [6.45, 7) is 5.87. The second-order valence-corrected chi connectivity index (χ2v) is 13.8. The van der Waals surface area contributed by atoms with Crippen LogP contribution in [0.4, 0.5) is 8.78 Å². The largest absolute Gasteiger partial charge is 0.354 e. The Bertz CT molecular complexity index is 1810. The molecule has 268 valence electrons. The van der Waals surface area contributed by atoms with Gasteiger partial charge in [0.05, 0.1) is 0 Å². The Kier molecular flexibility index (Phi) is 13.4. The number of nitrogens with one attached hydrogen (secondary N) is 1. The van der Waals surface area contributed by atoms with Crippen LogP contribution in [0.25, 0.3) is 11.1 Å². The molecule has 7 nitrogen and oxygen atoms in total. The van der Waals surface area contributed by atoms with Crippen LogP contribution >= 0.6 is 0 Å². The van der Waals surface area contributed by atoms with Gasteiger partial charge in [-0.05, 0) is 73.6 Å². The fourth-order valence-electron chi connectivity index (χ4n) is 6.09. The van der Waals surface area contributed by atoms with Gasteiger partial charge in [-0.1, -0.05) is 96.6 Å². The molecule has 0 bridgehead atoms. The van der Waals surface area contributed by atoms with Gasteiger partial charge in [0.25, 0.3) is 0 Å². The maximum absolute atomic E-state index is 14.5. The van der Waals surface area contributed by atoms with Gasteiger partial charge in [0.2, 0.25) is 17.7 Å². The number of carbonyl (C=O) groups excluding carboxylic acids is 3. The third-order valence-electron chi connectivity index (χ3n) is 8.78. The molecule has 0 aliphatic heterocycles. The van der Waals surface area contributed by atoms with Crippen LogP contribution in [0, 0.1) is 11.6 Å². The number of nitrogens with two attached hydrogens (primary N) is 1. The lowest BCUT2D eigenvalue weighted by molar-refractivity contribution is -0.146. The van der Waals surface area contributed by atoms with Crippen molar-refractivity contribution in [2.75, 3.05) is 20.6 Å². The van der Waals surface area contributed by atoms with Crippen LogP contribution in [-0.2, 0) is 33.6 Å².